The Kier molecular flexibility index (Phi) is 13.8. The van der Waals surface area contributed by atoms with Crippen LogP contribution in [0.15, 0.2) is 36.5 Å². The number of carbonyl (C=O) groups is 1. The van der Waals surface area contributed by atoms with Gasteiger partial charge in [0.05, 0.1) is 6.10 Å². The lowest BCUT2D eigenvalue weighted by Gasteiger charge is -2.37. The third kappa shape index (κ3) is 11.4. The Labute approximate surface area is 209 Å². The van der Waals surface area contributed by atoms with E-state index in [0.29, 0.717) is 31.1 Å². The largest absolute Gasteiger partial charge is 0.463 e. The molecule has 2 rings (SSSR count). The molecule has 0 bridgehead atoms. The van der Waals surface area contributed by atoms with Gasteiger partial charge in [0.15, 0.2) is 6.29 Å². The molecule has 1 aliphatic carbocycles. The van der Waals surface area contributed by atoms with Gasteiger partial charge in [0.1, 0.15) is 31.0 Å². The third-order valence-electron chi connectivity index (χ3n) is 6.53. The normalized spacial score (nSPS) is 32.0. The van der Waals surface area contributed by atoms with Crippen molar-refractivity contribution in [2.45, 2.75) is 108 Å². The SMILES string of the molecule is CCCCC/C=C\CC1CC1/C=C/[C@@H](O)C/C=C\CCCC(=O)OCC1OC(O)C(O)C(O)C1O. The molecule has 7 unspecified atom stereocenters. The monoisotopic (exact) mass is 496 g/mol. The Morgan fingerprint density at radius 2 is 1.74 bits per heavy atom. The molecule has 0 spiro atoms. The molecule has 5 N–H and O–H groups in total. The van der Waals surface area contributed by atoms with Crippen molar-refractivity contribution in [2.75, 3.05) is 6.61 Å². The molecule has 0 aromatic rings. The van der Waals surface area contributed by atoms with Gasteiger partial charge in [-0.05, 0) is 56.8 Å². The molecule has 2 fully saturated rings. The summed E-state index contributed by atoms with van der Waals surface area (Å²) in [6, 6.07) is 0. The topological polar surface area (TPSA) is 137 Å². The first-order valence-electron chi connectivity index (χ1n) is 13.0. The van der Waals surface area contributed by atoms with E-state index in [1.54, 1.807) is 0 Å². The molecule has 8 atom stereocenters. The number of aliphatic hydroxyl groups is 5. The summed E-state index contributed by atoms with van der Waals surface area (Å²) in [7, 11) is 0. The maximum absolute atomic E-state index is 11.9. The summed E-state index contributed by atoms with van der Waals surface area (Å²) in [4.78, 5) is 11.9. The van der Waals surface area contributed by atoms with Gasteiger partial charge >= 0.3 is 5.97 Å². The molecular weight excluding hydrogens is 452 g/mol. The molecule has 8 heteroatoms. The molecule has 0 aromatic heterocycles. The van der Waals surface area contributed by atoms with Gasteiger partial charge in [-0.2, -0.15) is 0 Å². The first-order chi connectivity index (χ1) is 16.8. The van der Waals surface area contributed by atoms with Crippen LogP contribution in [-0.4, -0.2) is 74.9 Å². The van der Waals surface area contributed by atoms with Crippen molar-refractivity contribution < 1.29 is 39.8 Å². The second kappa shape index (κ2) is 16.2. The second-order valence-corrected chi connectivity index (χ2v) is 9.63. The van der Waals surface area contributed by atoms with Crippen molar-refractivity contribution in [3.8, 4) is 0 Å². The van der Waals surface area contributed by atoms with Crippen molar-refractivity contribution in [1.82, 2.24) is 0 Å². The van der Waals surface area contributed by atoms with Crippen LogP contribution in [0.4, 0.5) is 0 Å². The average molecular weight is 497 g/mol. The number of esters is 1. The average Bonchev–Trinajstić information content (AvgIpc) is 3.60. The summed E-state index contributed by atoms with van der Waals surface area (Å²) in [5.74, 6) is 0.810. The first kappa shape index (κ1) is 29.7. The minimum absolute atomic E-state index is 0.166. The number of unbranched alkanes of at least 4 members (excludes halogenated alkanes) is 4. The molecule has 8 nitrogen and oxygen atoms in total. The van der Waals surface area contributed by atoms with Crippen LogP contribution in [0.1, 0.15) is 71.1 Å². The maximum Gasteiger partial charge on any atom is 0.305 e. The van der Waals surface area contributed by atoms with Crippen LogP contribution < -0.4 is 0 Å². The second-order valence-electron chi connectivity index (χ2n) is 9.63. The summed E-state index contributed by atoms with van der Waals surface area (Å²) >= 11 is 0. The van der Waals surface area contributed by atoms with E-state index in [9.17, 15) is 30.3 Å². The van der Waals surface area contributed by atoms with E-state index in [1.165, 1.54) is 32.1 Å². The van der Waals surface area contributed by atoms with E-state index in [-0.39, 0.29) is 13.0 Å². The van der Waals surface area contributed by atoms with Gasteiger partial charge in [0, 0.05) is 6.42 Å². The van der Waals surface area contributed by atoms with Gasteiger partial charge in [-0.25, -0.2) is 0 Å². The summed E-state index contributed by atoms with van der Waals surface area (Å²) in [6.07, 6.45) is 13.8. The highest BCUT2D eigenvalue weighted by Crippen LogP contribution is 2.42. The molecule has 200 valence electrons. The van der Waals surface area contributed by atoms with Crippen molar-refractivity contribution in [3.05, 3.63) is 36.5 Å². The Hall–Kier alpha value is -1.55. The smallest absolute Gasteiger partial charge is 0.305 e. The first-order valence-corrected chi connectivity index (χ1v) is 13.0. The highest BCUT2D eigenvalue weighted by molar-refractivity contribution is 5.69. The predicted molar refractivity (Wildman–Crippen MR) is 132 cm³/mol. The van der Waals surface area contributed by atoms with Crippen molar-refractivity contribution in [3.63, 3.8) is 0 Å². The predicted octanol–water partition coefficient (Wildman–Crippen LogP) is 2.53. The van der Waals surface area contributed by atoms with Crippen LogP contribution in [-0.2, 0) is 14.3 Å². The summed E-state index contributed by atoms with van der Waals surface area (Å²) < 4.78 is 10.0. The summed E-state index contributed by atoms with van der Waals surface area (Å²) in [6.45, 7) is 1.89. The van der Waals surface area contributed by atoms with Crippen LogP contribution in [0, 0.1) is 11.8 Å². The Morgan fingerprint density at radius 1 is 1.00 bits per heavy atom. The van der Waals surface area contributed by atoms with Gasteiger partial charge in [-0.1, -0.05) is 56.2 Å². The fraction of sp³-hybridized carbons (Fsp3) is 0.741. The van der Waals surface area contributed by atoms with E-state index in [2.05, 4.69) is 25.2 Å². The van der Waals surface area contributed by atoms with Gasteiger partial charge in [-0.15, -0.1) is 0 Å². The van der Waals surface area contributed by atoms with E-state index in [1.807, 2.05) is 18.2 Å². The maximum atomic E-state index is 11.9. The summed E-state index contributed by atoms with van der Waals surface area (Å²) in [5.41, 5.74) is 0. The zero-order valence-corrected chi connectivity index (χ0v) is 20.8. The number of hydrogen-bond donors (Lipinski definition) is 5. The third-order valence-corrected chi connectivity index (χ3v) is 6.53. The van der Waals surface area contributed by atoms with Crippen LogP contribution in [0.3, 0.4) is 0 Å². The van der Waals surface area contributed by atoms with Crippen LogP contribution in [0.5, 0.6) is 0 Å². The van der Waals surface area contributed by atoms with Crippen LogP contribution >= 0.6 is 0 Å². The molecule has 1 saturated carbocycles. The van der Waals surface area contributed by atoms with Crippen LogP contribution in [0.25, 0.3) is 0 Å². The lowest BCUT2D eigenvalue weighted by molar-refractivity contribution is -0.287. The molecule has 2 aliphatic rings. The van der Waals surface area contributed by atoms with E-state index in [4.69, 9.17) is 9.47 Å². The molecule has 0 aromatic carbocycles. The zero-order chi connectivity index (χ0) is 25.6. The van der Waals surface area contributed by atoms with E-state index in [0.717, 1.165) is 6.42 Å². The van der Waals surface area contributed by atoms with Crippen molar-refractivity contribution in [1.29, 1.82) is 0 Å². The van der Waals surface area contributed by atoms with Crippen LogP contribution in [0.2, 0.25) is 0 Å². The van der Waals surface area contributed by atoms with E-state index < -0.39 is 42.8 Å². The number of allylic oxidation sites excluding steroid dienone is 4. The van der Waals surface area contributed by atoms with Crippen molar-refractivity contribution >= 4 is 5.97 Å². The number of aliphatic hydroxyl groups excluding tert-OH is 5. The molecule has 1 saturated heterocycles. The fourth-order valence-electron chi connectivity index (χ4n) is 4.06. The minimum Gasteiger partial charge on any atom is -0.463 e. The Balaban J connectivity index is 1.49. The highest BCUT2D eigenvalue weighted by Gasteiger charge is 2.43. The molecular formula is C27H44O8. The summed E-state index contributed by atoms with van der Waals surface area (Å²) in [5, 5.41) is 48.5. The molecule has 1 aliphatic heterocycles. The Morgan fingerprint density at radius 3 is 2.51 bits per heavy atom. The number of rotatable bonds is 16. The number of hydrogen-bond acceptors (Lipinski definition) is 8. The van der Waals surface area contributed by atoms with Gasteiger partial charge in [-0.3, -0.25) is 4.79 Å². The van der Waals surface area contributed by atoms with Gasteiger partial charge < -0.3 is 35.0 Å². The fourth-order valence-corrected chi connectivity index (χ4v) is 4.06. The van der Waals surface area contributed by atoms with E-state index >= 15 is 0 Å². The number of carbonyl (C=O) groups excluding carboxylic acids is 1. The quantitative estimate of drug-likeness (QED) is 0.125. The number of ether oxygens (including phenoxy) is 2. The zero-order valence-electron chi connectivity index (χ0n) is 20.8. The van der Waals surface area contributed by atoms with Gasteiger partial charge in [0.2, 0.25) is 0 Å². The molecule has 0 amide bonds. The standard InChI is InChI=1S/C27H44O8/c1-2-3-4-5-6-9-12-19-17-20(19)15-16-21(28)13-10-7-8-11-14-23(29)34-18-22-24(30)25(31)26(32)27(33)35-22/h6-7,9-10,15-16,19-22,24-28,30-33H,2-5,8,11-14,17-18H2,1H3/b9-6-,10-7-,16-15+/t19?,20?,21-,22?,24?,25?,26?,27?/m0/s1. The van der Waals surface area contributed by atoms with Crippen molar-refractivity contribution in [2.24, 2.45) is 11.8 Å². The molecule has 0 radical (unpaired) electrons. The lowest BCUT2D eigenvalue weighted by Crippen LogP contribution is -2.58. The lowest BCUT2D eigenvalue weighted by atomic mass is 9.99. The highest BCUT2D eigenvalue weighted by atomic mass is 16.6. The molecule has 35 heavy (non-hydrogen) atoms. The minimum atomic E-state index is -1.65. The van der Waals surface area contributed by atoms with Gasteiger partial charge in [0.25, 0.3) is 0 Å². The Bertz CT molecular complexity index is 691. The molecule has 1 heterocycles.